The Morgan fingerprint density at radius 1 is 1.30 bits per heavy atom. The van der Waals surface area contributed by atoms with Crippen LogP contribution in [0, 0.1) is 5.92 Å². The molecule has 1 aromatic rings. The Balaban J connectivity index is 1.65. The van der Waals surface area contributed by atoms with Gasteiger partial charge in [-0.15, -0.1) is 0 Å². The van der Waals surface area contributed by atoms with Crippen molar-refractivity contribution < 1.29 is 14.3 Å². The summed E-state index contributed by atoms with van der Waals surface area (Å²) < 4.78 is 5.22. The van der Waals surface area contributed by atoms with Crippen LogP contribution < -0.4 is 10.1 Å². The maximum absolute atomic E-state index is 12.6. The van der Waals surface area contributed by atoms with E-state index in [4.69, 9.17) is 16.3 Å². The minimum absolute atomic E-state index is 0.0234. The number of carbonyl (C=O) groups excluding carboxylic acids is 2. The van der Waals surface area contributed by atoms with Crippen molar-refractivity contribution in [3.8, 4) is 5.75 Å². The molecule has 27 heavy (non-hydrogen) atoms. The Labute approximate surface area is 162 Å². The summed E-state index contributed by atoms with van der Waals surface area (Å²) >= 11 is 6.00. The molecule has 138 valence electrons. The molecule has 1 unspecified atom stereocenters. The van der Waals surface area contributed by atoms with Crippen molar-refractivity contribution in [3.05, 3.63) is 63.9 Å². The Morgan fingerprint density at radius 2 is 2.11 bits per heavy atom. The normalized spacial score (nSPS) is 22.7. The lowest BCUT2D eigenvalue weighted by molar-refractivity contribution is -0.117. The number of allylic oxidation sites excluding steroid dienone is 3. The first-order valence-corrected chi connectivity index (χ1v) is 9.34. The van der Waals surface area contributed by atoms with Crippen LogP contribution in [0.2, 0.25) is 5.02 Å². The van der Waals surface area contributed by atoms with Crippen LogP contribution in [0.15, 0.2) is 58.3 Å². The number of nitrogens with zero attached hydrogens (tertiary/aromatic N) is 1. The van der Waals surface area contributed by atoms with Crippen LogP contribution in [-0.2, 0) is 4.79 Å². The predicted molar refractivity (Wildman–Crippen MR) is 104 cm³/mol. The molecule has 5 nitrogen and oxygen atoms in total. The third-order valence-electron chi connectivity index (χ3n) is 5.14. The van der Waals surface area contributed by atoms with E-state index in [2.05, 4.69) is 10.3 Å². The van der Waals surface area contributed by atoms with Gasteiger partial charge in [-0.1, -0.05) is 17.7 Å². The van der Waals surface area contributed by atoms with Gasteiger partial charge in [-0.3, -0.25) is 9.59 Å². The topological polar surface area (TPSA) is 67.8 Å². The zero-order valence-corrected chi connectivity index (χ0v) is 15.7. The van der Waals surface area contributed by atoms with Crippen LogP contribution in [0.4, 0.5) is 0 Å². The van der Waals surface area contributed by atoms with E-state index in [0.29, 0.717) is 22.0 Å². The van der Waals surface area contributed by atoms with E-state index >= 15 is 0 Å². The molecule has 1 atom stereocenters. The Morgan fingerprint density at radius 3 is 2.93 bits per heavy atom. The molecule has 3 aliphatic rings. The van der Waals surface area contributed by atoms with E-state index in [0.717, 1.165) is 37.0 Å². The number of aliphatic imine (C=N–C) groups is 1. The standard InChI is InChI=1S/C21H19ClN2O3/c1-27-19-9-6-12(22)10-17(19)21(26)23-13-7-8-15-14-4-2-3-5-16(14)20(25)24-18(15)11-13/h6-11,15H,2-5H2,1H3,(H,24,25). The van der Waals surface area contributed by atoms with E-state index in [-0.39, 0.29) is 11.8 Å². The summed E-state index contributed by atoms with van der Waals surface area (Å²) in [6.07, 6.45) is 9.57. The number of fused-ring (bicyclic) bond motifs is 2. The summed E-state index contributed by atoms with van der Waals surface area (Å²) in [7, 11) is 1.49. The first-order valence-electron chi connectivity index (χ1n) is 8.96. The molecular formula is C21H19ClN2O3. The molecule has 0 saturated carbocycles. The quantitative estimate of drug-likeness (QED) is 0.840. The third kappa shape index (κ3) is 3.35. The molecule has 1 heterocycles. The highest BCUT2D eigenvalue weighted by molar-refractivity contribution is 6.31. The summed E-state index contributed by atoms with van der Waals surface area (Å²) in [4.78, 5) is 29.2. The van der Waals surface area contributed by atoms with Gasteiger partial charge in [-0.25, -0.2) is 4.99 Å². The van der Waals surface area contributed by atoms with E-state index in [1.54, 1.807) is 18.2 Å². The fourth-order valence-corrected chi connectivity index (χ4v) is 4.02. The molecular weight excluding hydrogens is 364 g/mol. The average Bonchev–Trinajstić information content (AvgIpc) is 2.68. The summed E-state index contributed by atoms with van der Waals surface area (Å²) in [5.41, 5.74) is 3.71. The lowest BCUT2D eigenvalue weighted by Crippen LogP contribution is -2.37. The summed E-state index contributed by atoms with van der Waals surface area (Å²) in [6.45, 7) is 0. The molecule has 0 aromatic heterocycles. The Kier molecular flexibility index (Phi) is 4.70. The van der Waals surface area contributed by atoms with E-state index in [1.165, 1.54) is 18.7 Å². The molecule has 1 N–H and O–H groups in total. The minimum atomic E-state index is -0.441. The molecule has 2 aliphatic carbocycles. The predicted octanol–water partition coefficient (Wildman–Crippen LogP) is 4.00. The molecule has 0 radical (unpaired) electrons. The maximum Gasteiger partial charge on any atom is 0.281 e. The van der Waals surface area contributed by atoms with Crippen molar-refractivity contribution in [1.29, 1.82) is 0 Å². The van der Waals surface area contributed by atoms with Crippen LogP contribution in [0.3, 0.4) is 0 Å². The van der Waals surface area contributed by atoms with E-state index in [1.807, 2.05) is 12.2 Å². The summed E-state index contributed by atoms with van der Waals surface area (Å²) in [5, 5.41) is 3.41. The fraction of sp³-hybridized carbons (Fsp3) is 0.286. The highest BCUT2D eigenvalue weighted by Gasteiger charge is 2.33. The van der Waals surface area contributed by atoms with Crippen LogP contribution in [0.5, 0.6) is 5.75 Å². The van der Waals surface area contributed by atoms with Gasteiger partial charge < -0.3 is 10.1 Å². The van der Waals surface area contributed by atoms with Gasteiger partial charge in [0, 0.05) is 22.2 Å². The van der Waals surface area contributed by atoms with Gasteiger partial charge >= 0.3 is 0 Å². The number of carbonyl (C=O) groups is 2. The molecule has 1 aromatic carbocycles. The van der Waals surface area contributed by atoms with Crippen molar-refractivity contribution >= 4 is 29.1 Å². The fourth-order valence-electron chi connectivity index (χ4n) is 3.85. The number of hydrogen-bond acceptors (Lipinski definition) is 3. The Hall–Kier alpha value is -2.66. The second-order valence-electron chi connectivity index (χ2n) is 6.79. The molecule has 0 fully saturated rings. The van der Waals surface area contributed by atoms with Gasteiger partial charge in [0.05, 0.1) is 18.4 Å². The van der Waals surface area contributed by atoms with E-state index < -0.39 is 5.91 Å². The second-order valence-corrected chi connectivity index (χ2v) is 7.22. The number of halogens is 1. The smallest absolute Gasteiger partial charge is 0.281 e. The lowest BCUT2D eigenvalue weighted by atomic mass is 9.77. The number of benzene rings is 1. The molecule has 4 rings (SSSR count). The zero-order valence-electron chi connectivity index (χ0n) is 14.9. The number of nitrogens with one attached hydrogen (secondary N) is 1. The van der Waals surface area contributed by atoms with Gasteiger partial charge in [-0.05, 0) is 61.6 Å². The number of methoxy groups -OCH3 is 1. The molecule has 0 spiro atoms. The average molecular weight is 383 g/mol. The van der Waals surface area contributed by atoms with Crippen LogP contribution >= 0.6 is 11.6 Å². The SMILES string of the molecule is COc1ccc(Cl)cc1C(=O)N=C1C=CC2C(=C1)NC(=O)C1=C2CCCC1. The highest BCUT2D eigenvalue weighted by Crippen LogP contribution is 2.38. The largest absolute Gasteiger partial charge is 0.496 e. The second kappa shape index (κ2) is 7.16. The molecule has 0 saturated heterocycles. The van der Waals surface area contributed by atoms with Crippen molar-refractivity contribution in [2.24, 2.45) is 10.9 Å². The molecule has 1 aliphatic heterocycles. The number of hydrogen-bond donors (Lipinski definition) is 1. The number of ether oxygens (including phenoxy) is 1. The van der Waals surface area contributed by atoms with Gasteiger partial charge in [-0.2, -0.15) is 0 Å². The number of rotatable bonds is 2. The third-order valence-corrected chi connectivity index (χ3v) is 5.37. The van der Waals surface area contributed by atoms with Gasteiger partial charge in [0.25, 0.3) is 11.8 Å². The van der Waals surface area contributed by atoms with Crippen LogP contribution in [0.25, 0.3) is 0 Å². The minimum Gasteiger partial charge on any atom is -0.496 e. The first kappa shape index (κ1) is 17.7. The van der Waals surface area contributed by atoms with Crippen molar-refractivity contribution in [2.45, 2.75) is 25.7 Å². The molecule has 6 heteroatoms. The van der Waals surface area contributed by atoms with Crippen LogP contribution in [0.1, 0.15) is 36.0 Å². The van der Waals surface area contributed by atoms with Crippen LogP contribution in [-0.4, -0.2) is 24.6 Å². The summed E-state index contributed by atoms with van der Waals surface area (Å²) in [5.74, 6) is 0.0310. The lowest BCUT2D eigenvalue weighted by Gasteiger charge is -2.33. The first-order chi connectivity index (χ1) is 13.1. The highest BCUT2D eigenvalue weighted by atomic mass is 35.5. The summed E-state index contributed by atoms with van der Waals surface area (Å²) in [6, 6.07) is 4.83. The van der Waals surface area contributed by atoms with Crippen molar-refractivity contribution in [1.82, 2.24) is 5.32 Å². The monoisotopic (exact) mass is 382 g/mol. The van der Waals surface area contributed by atoms with Crippen molar-refractivity contribution in [3.63, 3.8) is 0 Å². The van der Waals surface area contributed by atoms with Gasteiger partial charge in [0.2, 0.25) is 0 Å². The van der Waals surface area contributed by atoms with Crippen molar-refractivity contribution in [2.75, 3.05) is 7.11 Å². The maximum atomic E-state index is 12.6. The Bertz CT molecular complexity index is 956. The van der Waals surface area contributed by atoms with Gasteiger partial charge in [0.15, 0.2) is 0 Å². The number of amides is 2. The zero-order chi connectivity index (χ0) is 19.0. The molecule has 0 bridgehead atoms. The molecule has 2 amide bonds. The van der Waals surface area contributed by atoms with Gasteiger partial charge in [0.1, 0.15) is 5.75 Å². The van der Waals surface area contributed by atoms with E-state index in [9.17, 15) is 9.59 Å².